The van der Waals surface area contributed by atoms with E-state index in [9.17, 15) is 37.5 Å². The molecule has 1 aromatic heterocycles. The molecule has 0 bridgehead atoms. The van der Waals surface area contributed by atoms with E-state index in [2.05, 4.69) is 20.5 Å². The minimum absolute atomic E-state index is 0.0108. The van der Waals surface area contributed by atoms with Crippen molar-refractivity contribution in [2.24, 2.45) is 5.41 Å². The van der Waals surface area contributed by atoms with E-state index in [1.165, 1.54) is 11.0 Å². The van der Waals surface area contributed by atoms with Gasteiger partial charge in [0.1, 0.15) is 18.2 Å². The van der Waals surface area contributed by atoms with E-state index in [0.29, 0.717) is 31.7 Å². The number of nitrogens with one attached hydrogen (secondary N) is 2. The molecule has 0 unspecified atom stereocenters. The number of thiocarbonyl (C=S) groups is 1. The second kappa shape index (κ2) is 22.1. The van der Waals surface area contributed by atoms with Gasteiger partial charge in [0.25, 0.3) is 5.91 Å². The zero-order chi connectivity index (χ0) is 52.1. The van der Waals surface area contributed by atoms with Crippen molar-refractivity contribution in [3.8, 4) is 21.6 Å². The van der Waals surface area contributed by atoms with Gasteiger partial charge in [-0.1, -0.05) is 75.4 Å². The number of unbranched alkanes of at least 4 members (excludes halogenated alkanes) is 1. The minimum atomic E-state index is -4.79. The Morgan fingerprint density at radius 1 is 0.958 bits per heavy atom. The second-order valence-corrected chi connectivity index (χ2v) is 20.9. The first kappa shape index (κ1) is 53.3. The molecule has 4 aromatic carbocycles. The van der Waals surface area contributed by atoms with Crippen LogP contribution in [-0.2, 0) is 36.5 Å². The SMILES string of the molecule is [C-]#[N+]c1ccc(N2C(=O)C(C)(C)N(c3ccc(-c4ccc(NCCCCOCC(=O)N[C@H](C(=O)N5C[C@H](O)C[C@H]5C(=O)CCc5ccc(-c6scnc6C)cc5)C(C)(C)C)cc4)cc3)C2=S)cc1C(F)(F)F. The van der Waals surface area contributed by atoms with E-state index in [0.717, 1.165) is 62.0 Å². The lowest BCUT2D eigenvalue weighted by atomic mass is 9.85. The summed E-state index contributed by atoms with van der Waals surface area (Å²) in [5.41, 5.74) is 4.46. The van der Waals surface area contributed by atoms with Gasteiger partial charge in [-0.15, -0.1) is 11.3 Å². The number of benzene rings is 4. The molecule has 2 saturated heterocycles. The Bertz CT molecular complexity index is 2840. The number of hydrogen-bond donors (Lipinski definition) is 3. The molecule has 3 atom stereocenters. The maximum atomic E-state index is 14.0. The third kappa shape index (κ3) is 12.0. The molecule has 72 heavy (non-hydrogen) atoms. The van der Waals surface area contributed by atoms with Gasteiger partial charge in [-0.05, 0) is 116 Å². The standard InChI is InChI=1S/C54H58F3N7O6S2/c1-33-47(72-32-60-33)37-13-10-34(11-14-37)12-25-45(66)44-29-41(65)30-62(44)49(68)48(52(2,3)4)61-46(67)31-70-27-9-8-26-59-38-19-15-35(16-20-38)36-17-21-39(22-18-36)64-51(71)63(50(69)53(64,5)6)40-23-24-43(58-7)42(28-40)54(55,56)57/h10-11,13-24,28,32,41,44,48,59,65H,8-9,12,25-27,29-31H2,1-6H3,(H,61,67)/t41-,44+,48-/m1/s1. The molecular formula is C54H58F3N7O6S2. The first-order chi connectivity index (χ1) is 34.1. The van der Waals surface area contributed by atoms with Crippen molar-refractivity contribution >= 4 is 74.9 Å². The maximum absolute atomic E-state index is 14.0. The summed E-state index contributed by atoms with van der Waals surface area (Å²) in [7, 11) is 0. The number of Topliss-reactive ketones (excluding diaryl/α,β-unsaturated/α-hetero) is 1. The van der Waals surface area contributed by atoms with Gasteiger partial charge in [0.2, 0.25) is 11.8 Å². The fourth-order valence-electron chi connectivity index (χ4n) is 8.97. The quantitative estimate of drug-likeness (QED) is 0.0440. The molecule has 378 valence electrons. The summed E-state index contributed by atoms with van der Waals surface area (Å²) in [5, 5.41) is 16.9. The van der Waals surface area contributed by atoms with Crippen LogP contribution >= 0.6 is 23.6 Å². The van der Waals surface area contributed by atoms with E-state index < -0.39 is 64.3 Å². The zero-order valence-electron chi connectivity index (χ0n) is 41.0. The Kier molecular flexibility index (Phi) is 16.3. The Balaban J connectivity index is 0.841. The third-order valence-corrected chi connectivity index (χ3v) is 14.3. The summed E-state index contributed by atoms with van der Waals surface area (Å²) in [4.78, 5) is 66.9. The molecule has 0 saturated carbocycles. The van der Waals surface area contributed by atoms with Gasteiger partial charge < -0.3 is 30.3 Å². The number of rotatable bonds is 18. The van der Waals surface area contributed by atoms with Gasteiger partial charge in [-0.2, -0.15) is 13.2 Å². The van der Waals surface area contributed by atoms with Crippen LogP contribution in [0.3, 0.4) is 0 Å². The number of amides is 3. The Morgan fingerprint density at radius 3 is 2.21 bits per heavy atom. The maximum Gasteiger partial charge on any atom is 0.407 e. The van der Waals surface area contributed by atoms with Crippen molar-refractivity contribution in [1.29, 1.82) is 0 Å². The highest BCUT2D eigenvalue weighted by molar-refractivity contribution is 7.81. The summed E-state index contributed by atoms with van der Waals surface area (Å²) >= 11 is 7.26. The second-order valence-electron chi connectivity index (χ2n) is 19.6. The monoisotopic (exact) mass is 1020 g/mol. The van der Waals surface area contributed by atoms with Crippen LogP contribution in [0.5, 0.6) is 0 Å². The number of aromatic nitrogens is 1. The molecule has 2 aliphatic heterocycles. The van der Waals surface area contributed by atoms with Crippen molar-refractivity contribution in [2.75, 3.05) is 41.4 Å². The van der Waals surface area contributed by atoms with Crippen LogP contribution in [0.2, 0.25) is 0 Å². The van der Waals surface area contributed by atoms with Gasteiger partial charge >= 0.3 is 6.18 Å². The molecule has 2 aliphatic rings. The number of aliphatic hydroxyl groups is 1. The molecule has 18 heteroatoms. The minimum Gasteiger partial charge on any atom is -0.391 e. The summed E-state index contributed by atoms with van der Waals surface area (Å²) in [5.74, 6) is -1.50. The molecule has 5 aromatic rings. The number of aliphatic hydroxyl groups excluding tert-OH is 1. The smallest absolute Gasteiger partial charge is 0.391 e. The summed E-state index contributed by atoms with van der Waals surface area (Å²) in [6.45, 7) is 18.7. The van der Waals surface area contributed by atoms with E-state index in [1.54, 1.807) is 42.2 Å². The van der Waals surface area contributed by atoms with E-state index in [4.69, 9.17) is 23.5 Å². The third-order valence-electron chi connectivity index (χ3n) is 12.9. The molecule has 13 nitrogen and oxygen atoms in total. The van der Waals surface area contributed by atoms with Crippen LogP contribution < -0.4 is 20.4 Å². The van der Waals surface area contributed by atoms with Crippen molar-refractivity contribution in [3.05, 3.63) is 125 Å². The predicted octanol–water partition coefficient (Wildman–Crippen LogP) is 10.2. The van der Waals surface area contributed by atoms with E-state index in [1.807, 2.05) is 93.9 Å². The topological polar surface area (TPSA) is 149 Å². The van der Waals surface area contributed by atoms with Gasteiger partial charge in [0.05, 0.1) is 40.4 Å². The number of carbonyl (C=O) groups is 4. The van der Waals surface area contributed by atoms with Crippen molar-refractivity contribution < 1.29 is 42.2 Å². The predicted molar refractivity (Wildman–Crippen MR) is 278 cm³/mol. The molecule has 3 N–H and O–H groups in total. The Labute approximate surface area is 427 Å². The summed E-state index contributed by atoms with van der Waals surface area (Å²) in [6, 6.07) is 24.6. The molecule has 0 aliphatic carbocycles. The number of hydrogen-bond acceptors (Lipinski definition) is 10. The first-order valence-electron chi connectivity index (χ1n) is 23.7. The highest BCUT2D eigenvalue weighted by Crippen LogP contribution is 2.42. The number of ketones is 1. The number of ether oxygens (including phenoxy) is 1. The van der Waals surface area contributed by atoms with Crippen molar-refractivity contribution in [3.63, 3.8) is 0 Å². The van der Waals surface area contributed by atoms with Crippen LogP contribution in [0.4, 0.5) is 35.9 Å². The van der Waals surface area contributed by atoms with Crippen LogP contribution in [0.15, 0.2) is 96.5 Å². The van der Waals surface area contributed by atoms with E-state index in [-0.39, 0.29) is 42.6 Å². The van der Waals surface area contributed by atoms with Crippen LogP contribution in [-0.4, -0.2) is 93.6 Å². The summed E-state index contributed by atoms with van der Waals surface area (Å²) < 4.78 is 47.0. The highest BCUT2D eigenvalue weighted by Gasteiger charge is 2.51. The number of β-amino-alcohol motifs (C(OH)–C–C–N with tert-alkyl or cyclic N) is 1. The highest BCUT2D eigenvalue weighted by atomic mass is 32.1. The van der Waals surface area contributed by atoms with Crippen molar-refractivity contribution in [1.82, 2.24) is 15.2 Å². The van der Waals surface area contributed by atoms with Gasteiger partial charge in [0.15, 0.2) is 16.6 Å². The number of carbonyl (C=O) groups excluding carboxylic acids is 4. The molecule has 2 fully saturated rings. The number of anilines is 3. The van der Waals surface area contributed by atoms with Gasteiger partial charge in [0, 0.05) is 49.6 Å². The molecule has 7 rings (SSSR count). The average Bonchev–Trinajstić information content (AvgIpc) is 4.01. The Morgan fingerprint density at radius 2 is 1.60 bits per heavy atom. The van der Waals surface area contributed by atoms with Gasteiger partial charge in [-0.25, -0.2) is 9.83 Å². The number of alkyl halides is 3. The largest absolute Gasteiger partial charge is 0.407 e. The van der Waals surface area contributed by atoms with Crippen molar-refractivity contribution in [2.45, 2.75) is 104 Å². The molecule has 0 spiro atoms. The average molecular weight is 1020 g/mol. The molecule has 3 heterocycles. The lowest BCUT2D eigenvalue weighted by Gasteiger charge is -2.35. The molecule has 3 amide bonds. The number of likely N-dealkylation sites (tertiary alicyclic amines) is 1. The van der Waals surface area contributed by atoms with Gasteiger partial charge in [-0.3, -0.25) is 24.1 Å². The van der Waals surface area contributed by atoms with Crippen LogP contribution in [0, 0.1) is 18.9 Å². The van der Waals surface area contributed by atoms with Crippen LogP contribution in [0.1, 0.15) is 77.1 Å². The summed E-state index contributed by atoms with van der Waals surface area (Å²) in [6.07, 6.45) is -3.37. The fraction of sp³-hybridized carbons (Fsp3) is 0.389. The van der Waals surface area contributed by atoms with Crippen LogP contribution in [0.25, 0.3) is 26.4 Å². The lowest BCUT2D eigenvalue weighted by Crippen LogP contribution is -2.57. The number of halogens is 3. The molecular weight excluding hydrogens is 964 g/mol. The molecule has 0 radical (unpaired) electrons. The number of aryl methyl sites for hydroxylation is 2. The zero-order valence-corrected chi connectivity index (χ0v) is 42.6. The fourth-order valence-corrected chi connectivity index (χ4v) is 10.3. The Hall–Kier alpha value is -6.52. The number of nitrogens with zero attached hydrogens (tertiary/aromatic N) is 5. The lowest BCUT2D eigenvalue weighted by molar-refractivity contribution is -0.144. The normalized spacial score (nSPS) is 17.3. The first-order valence-corrected chi connectivity index (χ1v) is 25.0. The van der Waals surface area contributed by atoms with E-state index >= 15 is 0 Å². The number of thiazole rings is 1.